The van der Waals surface area contributed by atoms with Crippen molar-refractivity contribution < 1.29 is 4.74 Å². The number of fused-ring (bicyclic) bond motifs is 1. The quantitative estimate of drug-likeness (QED) is 0.885. The van der Waals surface area contributed by atoms with Crippen molar-refractivity contribution in [2.24, 2.45) is 0 Å². The van der Waals surface area contributed by atoms with E-state index in [-0.39, 0.29) is 0 Å². The zero-order chi connectivity index (χ0) is 13.1. The molecule has 0 radical (unpaired) electrons. The van der Waals surface area contributed by atoms with Crippen molar-refractivity contribution in [1.29, 1.82) is 0 Å². The molecular weight excluding hydrogens is 238 g/mol. The molecule has 2 N–H and O–H groups in total. The van der Waals surface area contributed by atoms with Crippen LogP contribution in [0.5, 0.6) is 5.75 Å². The molecule has 0 amide bonds. The summed E-state index contributed by atoms with van der Waals surface area (Å²) in [5.74, 6) is 0.903. The molecule has 19 heavy (non-hydrogen) atoms. The third-order valence-electron chi connectivity index (χ3n) is 3.80. The Hall–Kier alpha value is -1.52. The van der Waals surface area contributed by atoms with Gasteiger partial charge in [-0.15, -0.1) is 0 Å². The fraction of sp³-hybridized carbons (Fsp3) is 0.467. The first kappa shape index (κ1) is 12.5. The Morgan fingerprint density at radius 2 is 2.21 bits per heavy atom. The number of methoxy groups -OCH3 is 1. The first-order valence-corrected chi connectivity index (χ1v) is 6.94. The molecule has 2 heterocycles. The van der Waals surface area contributed by atoms with Crippen LogP contribution in [-0.2, 0) is 6.54 Å². The highest BCUT2D eigenvalue weighted by molar-refractivity contribution is 5.84. The molecule has 0 atom stereocenters. The largest absolute Gasteiger partial charge is 0.497 e. The van der Waals surface area contributed by atoms with Crippen molar-refractivity contribution in [2.45, 2.75) is 13.0 Å². The lowest BCUT2D eigenvalue weighted by molar-refractivity contribution is 0.285. The van der Waals surface area contributed by atoms with Crippen LogP contribution in [0.15, 0.2) is 24.4 Å². The first-order chi connectivity index (χ1) is 9.36. The number of nitrogens with zero attached hydrogens (tertiary/aromatic N) is 1. The molecule has 0 aliphatic carbocycles. The summed E-state index contributed by atoms with van der Waals surface area (Å²) in [4.78, 5) is 5.87. The van der Waals surface area contributed by atoms with E-state index in [0.29, 0.717) is 0 Å². The smallest absolute Gasteiger partial charge is 0.120 e. The molecule has 1 aromatic carbocycles. The van der Waals surface area contributed by atoms with Gasteiger partial charge in [0.2, 0.25) is 0 Å². The van der Waals surface area contributed by atoms with Gasteiger partial charge in [-0.05, 0) is 37.2 Å². The van der Waals surface area contributed by atoms with E-state index in [2.05, 4.69) is 33.5 Å². The standard InChI is InChI=1S/C15H21N3O/c1-19-13-3-4-14-12(10-17-15(14)9-13)11-18-7-2-5-16-6-8-18/h3-4,9-10,16-17H,2,5-8,11H2,1H3. The van der Waals surface area contributed by atoms with E-state index in [9.17, 15) is 0 Å². The molecule has 1 aliphatic rings. The highest BCUT2D eigenvalue weighted by Gasteiger charge is 2.12. The SMILES string of the molecule is COc1ccc2c(CN3CCCNCC3)c[nH]c2c1. The summed E-state index contributed by atoms with van der Waals surface area (Å²) in [6, 6.07) is 6.24. The fourth-order valence-electron chi connectivity index (χ4n) is 2.72. The van der Waals surface area contributed by atoms with Crippen molar-refractivity contribution in [3.8, 4) is 5.75 Å². The normalized spacial score (nSPS) is 17.5. The van der Waals surface area contributed by atoms with Crippen LogP contribution in [0.2, 0.25) is 0 Å². The van der Waals surface area contributed by atoms with Gasteiger partial charge in [0.15, 0.2) is 0 Å². The van der Waals surface area contributed by atoms with Crippen molar-refractivity contribution in [1.82, 2.24) is 15.2 Å². The summed E-state index contributed by atoms with van der Waals surface area (Å²) in [6.07, 6.45) is 3.36. The molecular formula is C15H21N3O. The molecule has 3 rings (SSSR count). The number of aromatic amines is 1. The van der Waals surface area contributed by atoms with Gasteiger partial charge >= 0.3 is 0 Å². The van der Waals surface area contributed by atoms with Gasteiger partial charge in [0.05, 0.1) is 7.11 Å². The van der Waals surface area contributed by atoms with Crippen molar-refractivity contribution in [3.05, 3.63) is 30.0 Å². The summed E-state index contributed by atoms with van der Waals surface area (Å²) in [5.41, 5.74) is 2.53. The number of benzene rings is 1. The van der Waals surface area contributed by atoms with E-state index in [1.54, 1.807) is 7.11 Å². The Morgan fingerprint density at radius 1 is 1.26 bits per heavy atom. The van der Waals surface area contributed by atoms with Gasteiger partial charge in [0, 0.05) is 42.8 Å². The molecule has 1 aliphatic heterocycles. The molecule has 0 saturated carbocycles. The minimum absolute atomic E-state index is 0.903. The average Bonchev–Trinajstić information content (AvgIpc) is 2.66. The second-order valence-corrected chi connectivity index (χ2v) is 5.11. The maximum atomic E-state index is 5.26. The van der Waals surface area contributed by atoms with Gasteiger partial charge < -0.3 is 15.0 Å². The van der Waals surface area contributed by atoms with E-state index in [1.807, 2.05) is 6.07 Å². The molecule has 0 unspecified atom stereocenters. The van der Waals surface area contributed by atoms with Gasteiger partial charge in [-0.1, -0.05) is 0 Å². The molecule has 0 bridgehead atoms. The van der Waals surface area contributed by atoms with E-state index < -0.39 is 0 Å². The zero-order valence-electron chi connectivity index (χ0n) is 11.4. The summed E-state index contributed by atoms with van der Waals surface area (Å²) in [5, 5.41) is 4.75. The van der Waals surface area contributed by atoms with Gasteiger partial charge in [0.1, 0.15) is 5.75 Å². The Balaban J connectivity index is 1.80. The van der Waals surface area contributed by atoms with E-state index in [1.165, 1.54) is 23.9 Å². The van der Waals surface area contributed by atoms with Crippen LogP contribution in [0.4, 0.5) is 0 Å². The Labute approximate surface area is 113 Å². The predicted octanol–water partition coefficient (Wildman–Crippen LogP) is 1.97. The Bertz CT molecular complexity index is 541. The third kappa shape index (κ3) is 2.74. The van der Waals surface area contributed by atoms with Crippen LogP contribution in [-0.4, -0.2) is 43.2 Å². The van der Waals surface area contributed by atoms with E-state index >= 15 is 0 Å². The number of hydrogen-bond donors (Lipinski definition) is 2. The molecule has 0 spiro atoms. The highest BCUT2D eigenvalue weighted by Crippen LogP contribution is 2.24. The van der Waals surface area contributed by atoms with Crippen molar-refractivity contribution in [2.75, 3.05) is 33.3 Å². The number of hydrogen-bond acceptors (Lipinski definition) is 3. The van der Waals surface area contributed by atoms with E-state index in [4.69, 9.17) is 4.74 Å². The van der Waals surface area contributed by atoms with Gasteiger partial charge in [0.25, 0.3) is 0 Å². The van der Waals surface area contributed by atoms with Crippen LogP contribution in [0.25, 0.3) is 10.9 Å². The van der Waals surface area contributed by atoms with Crippen LogP contribution in [0.3, 0.4) is 0 Å². The highest BCUT2D eigenvalue weighted by atomic mass is 16.5. The van der Waals surface area contributed by atoms with Crippen LogP contribution >= 0.6 is 0 Å². The van der Waals surface area contributed by atoms with Crippen LogP contribution in [0.1, 0.15) is 12.0 Å². The number of aromatic nitrogens is 1. The minimum Gasteiger partial charge on any atom is -0.497 e. The summed E-state index contributed by atoms with van der Waals surface area (Å²) in [7, 11) is 1.70. The van der Waals surface area contributed by atoms with Crippen LogP contribution in [0, 0.1) is 0 Å². The molecule has 102 valence electrons. The molecule has 2 aromatic rings. The maximum absolute atomic E-state index is 5.26. The summed E-state index contributed by atoms with van der Waals surface area (Å²) >= 11 is 0. The average molecular weight is 259 g/mol. The molecule has 4 nitrogen and oxygen atoms in total. The number of rotatable bonds is 3. The molecule has 4 heteroatoms. The molecule has 1 saturated heterocycles. The number of nitrogens with one attached hydrogen (secondary N) is 2. The van der Waals surface area contributed by atoms with E-state index in [0.717, 1.165) is 37.4 Å². The predicted molar refractivity (Wildman–Crippen MR) is 77.6 cm³/mol. The molecule has 1 aromatic heterocycles. The van der Waals surface area contributed by atoms with Gasteiger partial charge in [-0.3, -0.25) is 4.90 Å². The lowest BCUT2D eigenvalue weighted by Gasteiger charge is -2.18. The summed E-state index contributed by atoms with van der Waals surface area (Å²) < 4.78 is 5.26. The summed E-state index contributed by atoms with van der Waals surface area (Å²) in [6.45, 7) is 5.56. The van der Waals surface area contributed by atoms with Gasteiger partial charge in [-0.2, -0.15) is 0 Å². The first-order valence-electron chi connectivity index (χ1n) is 6.94. The van der Waals surface area contributed by atoms with Gasteiger partial charge in [-0.25, -0.2) is 0 Å². The van der Waals surface area contributed by atoms with Crippen molar-refractivity contribution >= 4 is 10.9 Å². The fourth-order valence-corrected chi connectivity index (χ4v) is 2.72. The second kappa shape index (κ2) is 5.63. The monoisotopic (exact) mass is 259 g/mol. The lowest BCUT2D eigenvalue weighted by atomic mass is 10.1. The minimum atomic E-state index is 0.903. The number of H-pyrrole nitrogens is 1. The zero-order valence-corrected chi connectivity index (χ0v) is 11.4. The molecule has 1 fully saturated rings. The second-order valence-electron chi connectivity index (χ2n) is 5.11. The Kier molecular flexibility index (Phi) is 3.71. The maximum Gasteiger partial charge on any atom is 0.120 e. The topological polar surface area (TPSA) is 40.3 Å². The van der Waals surface area contributed by atoms with Crippen molar-refractivity contribution in [3.63, 3.8) is 0 Å². The lowest BCUT2D eigenvalue weighted by Crippen LogP contribution is -2.27. The van der Waals surface area contributed by atoms with Crippen LogP contribution < -0.4 is 10.1 Å². The third-order valence-corrected chi connectivity index (χ3v) is 3.80. The number of ether oxygens (including phenoxy) is 1. The Morgan fingerprint density at radius 3 is 3.11 bits per heavy atom.